The molecule has 8 heteroatoms. The van der Waals surface area contributed by atoms with Gasteiger partial charge in [-0.05, 0) is 47.1 Å². The summed E-state index contributed by atoms with van der Waals surface area (Å²) in [6.45, 7) is 2.54. The van der Waals surface area contributed by atoms with Crippen molar-refractivity contribution in [2.24, 2.45) is 5.92 Å². The lowest BCUT2D eigenvalue weighted by Gasteiger charge is -2.22. The molecule has 2 aromatic carbocycles. The Hall–Kier alpha value is -3.55. The van der Waals surface area contributed by atoms with E-state index in [9.17, 15) is 9.18 Å². The second-order valence-electron chi connectivity index (χ2n) is 9.74. The van der Waals surface area contributed by atoms with Crippen molar-refractivity contribution >= 4 is 0 Å². The standard InChI is InChI=1S/C28H33FN6O/c1-2-8-25-26(17-29)35(18-20-9-4-3-5-10-20)28(36)34(25)19-21-13-15-22(16-14-21)23-11-6-7-12-24(23)27-30-32-33-31-27/h6-7,11-16,20H,2-5,8-10,17-19H2,1H3,(H,30,31,32,33). The number of nitrogens with zero attached hydrogens (tertiary/aromatic N) is 5. The summed E-state index contributed by atoms with van der Waals surface area (Å²) < 4.78 is 17.8. The van der Waals surface area contributed by atoms with Crippen molar-refractivity contribution in [1.29, 1.82) is 0 Å². The number of hydrogen-bond donors (Lipinski definition) is 1. The third-order valence-electron chi connectivity index (χ3n) is 7.34. The zero-order valence-electron chi connectivity index (χ0n) is 20.8. The van der Waals surface area contributed by atoms with Gasteiger partial charge in [0, 0.05) is 17.8 Å². The number of halogens is 1. The maximum Gasteiger partial charge on any atom is 0.328 e. The highest BCUT2D eigenvalue weighted by Gasteiger charge is 2.23. The van der Waals surface area contributed by atoms with E-state index in [4.69, 9.17) is 0 Å². The number of alkyl halides is 1. The van der Waals surface area contributed by atoms with E-state index in [1.54, 1.807) is 9.13 Å². The van der Waals surface area contributed by atoms with E-state index in [1.165, 1.54) is 19.3 Å². The minimum Gasteiger partial charge on any atom is -0.293 e. The first-order valence-electron chi connectivity index (χ1n) is 13.0. The average Bonchev–Trinajstić information content (AvgIpc) is 3.54. The molecule has 36 heavy (non-hydrogen) atoms. The fraction of sp³-hybridized carbons (Fsp3) is 0.429. The van der Waals surface area contributed by atoms with Gasteiger partial charge >= 0.3 is 5.69 Å². The van der Waals surface area contributed by atoms with E-state index in [2.05, 4.69) is 27.5 Å². The van der Waals surface area contributed by atoms with Crippen LogP contribution >= 0.6 is 0 Å². The first-order valence-corrected chi connectivity index (χ1v) is 13.0. The highest BCUT2D eigenvalue weighted by Crippen LogP contribution is 2.30. The Balaban J connectivity index is 1.44. The third kappa shape index (κ3) is 4.90. The number of tetrazole rings is 1. The highest BCUT2D eigenvalue weighted by molar-refractivity contribution is 5.80. The van der Waals surface area contributed by atoms with Crippen molar-refractivity contribution in [3.05, 3.63) is 76.0 Å². The molecule has 2 aromatic heterocycles. The van der Waals surface area contributed by atoms with E-state index >= 15 is 0 Å². The molecule has 4 aromatic rings. The SMILES string of the molecule is CCCc1c(CF)n(CC2CCCCC2)c(=O)n1Cc1ccc(-c2ccccc2-c2nn[nH]n2)cc1. The van der Waals surface area contributed by atoms with Crippen molar-refractivity contribution in [2.75, 3.05) is 0 Å². The zero-order valence-corrected chi connectivity index (χ0v) is 20.8. The molecule has 0 bridgehead atoms. The molecule has 188 valence electrons. The topological polar surface area (TPSA) is 81.4 Å². The molecule has 0 saturated heterocycles. The van der Waals surface area contributed by atoms with E-state index in [0.717, 1.165) is 47.2 Å². The Morgan fingerprint density at radius 2 is 1.72 bits per heavy atom. The highest BCUT2D eigenvalue weighted by atomic mass is 19.1. The molecule has 0 atom stereocenters. The normalized spacial score (nSPS) is 14.4. The van der Waals surface area contributed by atoms with Gasteiger partial charge in [-0.15, -0.1) is 10.2 Å². The summed E-state index contributed by atoms with van der Waals surface area (Å²) in [5, 5.41) is 14.4. The molecule has 0 spiro atoms. The van der Waals surface area contributed by atoms with Crippen LogP contribution in [0.2, 0.25) is 0 Å². The predicted molar refractivity (Wildman–Crippen MR) is 138 cm³/mol. The van der Waals surface area contributed by atoms with Crippen LogP contribution in [0.4, 0.5) is 4.39 Å². The number of imidazole rings is 1. The molecule has 0 aliphatic heterocycles. The van der Waals surface area contributed by atoms with Crippen molar-refractivity contribution in [3.8, 4) is 22.5 Å². The van der Waals surface area contributed by atoms with Crippen molar-refractivity contribution < 1.29 is 4.39 Å². The summed E-state index contributed by atoms with van der Waals surface area (Å²) in [4.78, 5) is 13.5. The van der Waals surface area contributed by atoms with E-state index < -0.39 is 6.67 Å². The molecule has 0 unspecified atom stereocenters. The van der Waals surface area contributed by atoms with Gasteiger partial charge in [0.15, 0.2) is 0 Å². The number of benzene rings is 2. The van der Waals surface area contributed by atoms with Crippen LogP contribution in [0.25, 0.3) is 22.5 Å². The Bertz CT molecular complexity index is 1330. The van der Waals surface area contributed by atoms with Crippen LogP contribution in [0.15, 0.2) is 53.3 Å². The molecule has 1 aliphatic rings. The molecule has 1 aliphatic carbocycles. The lowest BCUT2D eigenvalue weighted by Crippen LogP contribution is -2.29. The quantitative estimate of drug-likeness (QED) is 0.335. The van der Waals surface area contributed by atoms with Crippen LogP contribution in [-0.2, 0) is 26.2 Å². The molecule has 1 N–H and O–H groups in total. The first kappa shape index (κ1) is 24.2. The van der Waals surface area contributed by atoms with Gasteiger partial charge in [0.1, 0.15) is 6.67 Å². The minimum atomic E-state index is -0.601. The maximum atomic E-state index is 14.3. The number of aromatic amines is 1. The molecular weight excluding hydrogens is 455 g/mol. The second kappa shape index (κ2) is 11.0. The van der Waals surface area contributed by atoms with Crippen LogP contribution in [0.3, 0.4) is 0 Å². The fourth-order valence-corrected chi connectivity index (χ4v) is 5.51. The van der Waals surface area contributed by atoms with Gasteiger partial charge in [-0.2, -0.15) is 5.21 Å². The Labute approximate surface area is 210 Å². The summed E-state index contributed by atoms with van der Waals surface area (Å²) in [6, 6.07) is 16.1. The van der Waals surface area contributed by atoms with Gasteiger partial charge < -0.3 is 0 Å². The Morgan fingerprint density at radius 1 is 0.972 bits per heavy atom. The van der Waals surface area contributed by atoms with Crippen LogP contribution in [0.5, 0.6) is 0 Å². The van der Waals surface area contributed by atoms with Crippen LogP contribution in [0, 0.1) is 5.92 Å². The number of hydrogen-bond acceptors (Lipinski definition) is 4. The monoisotopic (exact) mass is 488 g/mol. The smallest absolute Gasteiger partial charge is 0.293 e. The molecule has 7 nitrogen and oxygen atoms in total. The van der Waals surface area contributed by atoms with Crippen molar-refractivity contribution in [1.82, 2.24) is 29.8 Å². The molecular formula is C28H33FN6O. The summed E-state index contributed by atoms with van der Waals surface area (Å²) in [5.74, 6) is 1.01. The summed E-state index contributed by atoms with van der Waals surface area (Å²) in [7, 11) is 0. The number of aromatic nitrogens is 6. The van der Waals surface area contributed by atoms with E-state index in [0.29, 0.717) is 36.9 Å². The Morgan fingerprint density at radius 3 is 2.39 bits per heavy atom. The van der Waals surface area contributed by atoms with Gasteiger partial charge in [-0.25, -0.2) is 9.18 Å². The van der Waals surface area contributed by atoms with Crippen LogP contribution in [-0.4, -0.2) is 29.8 Å². The van der Waals surface area contributed by atoms with Crippen LogP contribution < -0.4 is 5.69 Å². The average molecular weight is 489 g/mol. The summed E-state index contributed by atoms with van der Waals surface area (Å²) in [6.07, 6.45) is 7.48. The maximum absolute atomic E-state index is 14.3. The number of rotatable bonds is 9. The lowest BCUT2D eigenvalue weighted by molar-refractivity contribution is 0.307. The predicted octanol–water partition coefficient (Wildman–Crippen LogP) is 5.55. The van der Waals surface area contributed by atoms with Gasteiger partial charge in [-0.3, -0.25) is 9.13 Å². The molecule has 5 rings (SSSR count). The van der Waals surface area contributed by atoms with Crippen molar-refractivity contribution in [3.63, 3.8) is 0 Å². The fourth-order valence-electron chi connectivity index (χ4n) is 5.51. The third-order valence-corrected chi connectivity index (χ3v) is 7.34. The van der Waals surface area contributed by atoms with Crippen LogP contribution in [0.1, 0.15) is 62.4 Å². The number of nitrogens with one attached hydrogen (secondary N) is 1. The zero-order chi connectivity index (χ0) is 24.9. The Kier molecular flexibility index (Phi) is 7.39. The summed E-state index contributed by atoms with van der Waals surface area (Å²) >= 11 is 0. The van der Waals surface area contributed by atoms with Gasteiger partial charge in [0.05, 0.1) is 12.2 Å². The summed E-state index contributed by atoms with van der Waals surface area (Å²) in [5.41, 5.74) is 5.27. The molecule has 2 heterocycles. The van der Waals surface area contributed by atoms with Gasteiger partial charge in [0.2, 0.25) is 5.82 Å². The molecule has 1 fully saturated rings. The van der Waals surface area contributed by atoms with Gasteiger partial charge in [-0.1, -0.05) is 81.1 Å². The van der Waals surface area contributed by atoms with Gasteiger partial charge in [0.25, 0.3) is 0 Å². The molecule has 1 saturated carbocycles. The first-order chi connectivity index (χ1) is 17.7. The van der Waals surface area contributed by atoms with E-state index in [1.807, 2.05) is 48.5 Å². The lowest BCUT2D eigenvalue weighted by atomic mass is 9.89. The molecule has 0 radical (unpaired) electrons. The largest absolute Gasteiger partial charge is 0.328 e. The minimum absolute atomic E-state index is 0.0804. The second-order valence-corrected chi connectivity index (χ2v) is 9.74. The van der Waals surface area contributed by atoms with E-state index in [-0.39, 0.29) is 5.69 Å². The van der Waals surface area contributed by atoms with Crippen molar-refractivity contribution in [2.45, 2.75) is 71.6 Å². The molecule has 0 amide bonds. The number of H-pyrrole nitrogens is 1.